The molecule has 0 bridgehead atoms. The Kier molecular flexibility index (Phi) is 3.89. The maximum absolute atomic E-state index is 11.1. The summed E-state index contributed by atoms with van der Waals surface area (Å²) in [5.74, 6) is 0.881. The first-order valence-electron chi connectivity index (χ1n) is 4.98. The summed E-state index contributed by atoms with van der Waals surface area (Å²) in [5, 5.41) is 2.98. The van der Waals surface area contributed by atoms with Crippen molar-refractivity contribution in [2.45, 2.75) is 19.4 Å². The van der Waals surface area contributed by atoms with E-state index in [1.54, 1.807) is 13.8 Å². The van der Waals surface area contributed by atoms with Crippen LogP contribution in [-0.4, -0.2) is 36.7 Å². The van der Waals surface area contributed by atoms with Crippen molar-refractivity contribution in [2.75, 3.05) is 23.9 Å². The van der Waals surface area contributed by atoms with E-state index in [4.69, 9.17) is 5.73 Å². The molecule has 0 aliphatic carbocycles. The third-order valence-corrected chi connectivity index (χ3v) is 2.77. The lowest BCUT2D eigenvalue weighted by atomic mass is 10.1. The third-order valence-electron chi connectivity index (χ3n) is 1.84. The fourth-order valence-corrected chi connectivity index (χ4v) is 2.35. The summed E-state index contributed by atoms with van der Waals surface area (Å²) in [6.45, 7) is 3.93. The average Bonchev–Trinajstić information content (AvgIpc) is 2.13. The summed E-state index contributed by atoms with van der Waals surface area (Å²) in [4.78, 5) is 7.87. The third kappa shape index (κ3) is 5.45. The number of nitrogen functional groups attached to an aromatic ring is 1. The Labute approximate surface area is 101 Å². The minimum absolute atomic E-state index is 0.337. The highest BCUT2D eigenvalue weighted by molar-refractivity contribution is 7.88. The molecule has 1 heterocycles. The van der Waals surface area contributed by atoms with Gasteiger partial charge in [-0.1, -0.05) is 0 Å². The van der Waals surface area contributed by atoms with E-state index in [0.29, 0.717) is 18.2 Å². The number of hydrogen-bond donors (Lipinski definition) is 3. The second-order valence-electron chi connectivity index (χ2n) is 4.44. The van der Waals surface area contributed by atoms with E-state index in [1.807, 2.05) is 0 Å². The van der Waals surface area contributed by atoms with Gasteiger partial charge in [-0.3, -0.25) is 0 Å². The van der Waals surface area contributed by atoms with Crippen LogP contribution in [0.5, 0.6) is 0 Å². The van der Waals surface area contributed by atoms with Gasteiger partial charge in [0.25, 0.3) is 0 Å². The summed E-state index contributed by atoms with van der Waals surface area (Å²) >= 11 is 0. The van der Waals surface area contributed by atoms with E-state index in [1.165, 1.54) is 12.4 Å². The molecule has 1 aromatic rings. The summed E-state index contributed by atoms with van der Waals surface area (Å²) in [7, 11) is -3.24. The van der Waals surface area contributed by atoms with Gasteiger partial charge >= 0.3 is 0 Å². The highest BCUT2D eigenvalue weighted by atomic mass is 32.2. The SMILES string of the molecule is CC(C)(CNc1cnc(N)cn1)NS(C)(=O)=O. The lowest BCUT2D eigenvalue weighted by molar-refractivity contribution is 0.476. The van der Waals surface area contributed by atoms with Gasteiger partial charge in [-0.15, -0.1) is 0 Å². The van der Waals surface area contributed by atoms with Gasteiger partial charge in [0.1, 0.15) is 11.6 Å². The Morgan fingerprint density at radius 1 is 1.35 bits per heavy atom. The Morgan fingerprint density at radius 3 is 2.47 bits per heavy atom. The van der Waals surface area contributed by atoms with Gasteiger partial charge in [-0.05, 0) is 13.8 Å². The van der Waals surface area contributed by atoms with Gasteiger partial charge in [0.15, 0.2) is 0 Å². The normalized spacial score (nSPS) is 12.4. The molecule has 0 aliphatic rings. The number of nitrogens with zero attached hydrogens (tertiary/aromatic N) is 2. The number of sulfonamides is 1. The molecule has 0 aromatic carbocycles. The lowest BCUT2D eigenvalue weighted by Crippen LogP contribution is -2.47. The summed E-state index contributed by atoms with van der Waals surface area (Å²) in [6.07, 6.45) is 4.04. The molecule has 4 N–H and O–H groups in total. The van der Waals surface area contributed by atoms with Crippen LogP contribution in [0.3, 0.4) is 0 Å². The summed E-state index contributed by atoms with van der Waals surface area (Å²) < 4.78 is 24.8. The summed E-state index contributed by atoms with van der Waals surface area (Å²) in [5.41, 5.74) is 4.78. The molecule has 0 amide bonds. The molecular weight excluding hydrogens is 242 g/mol. The fraction of sp³-hybridized carbons (Fsp3) is 0.556. The second-order valence-corrected chi connectivity index (χ2v) is 6.19. The predicted molar refractivity (Wildman–Crippen MR) is 67.0 cm³/mol. The van der Waals surface area contributed by atoms with Gasteiger partial charge in [0.2, 0.25) is 10.0 Å². The molecule has 96 valence electrons. The number of anilines is 2. The van der Waals surface area contributed by atoms with Crippen molar-refractivity contribution in [1.82, 2.24) is 14.7 Å². The van der Waals surface area contributed by atoms with Crippen LogP contribution in [0.15, 0.2) is 12.4 Å². The van der Waals surface area contributed by atoms with E-state index in [9.17, 15) is 8.42 Å². The highest BCUT2D eigenvalue weighted by Gasteiger charge is 2.21. The smallest absolute Gasteiger partial charge is 0.209 e. The zero-order valence-corrected chi connectivity index (χ0v) is 10.9. The monoisotopic (exact) mass is 259 g/mol. The molecule has 0 radical (unpaired) electrons. The average molecular weight is 259 g/mol. The highest BCUT2D eigenvalue weighted by Crippen LogP contribution is 2.07. The molecule has 0 aliphatic heterocycles. The predicted octanol–water partition coefficient (Wildman–Crippen LogP) is -0.201. The largest absolute Gasteiger partial charge is 0.382 e. The van der Waals surface area contributed by atoms with Crippen LogP contribution >= 0.6 is 0 Å². The van der Waals surface area contributed by atoms with Crippen LogP contribution in [0.1, 0.15) is 13.8 Å². The maximum Gasteiger partial charge on any atom is 0.209 e. The molecule has 0 unspecified atom stereocenters. The van der Waals surface area contributed by atoms with E-state index in [-0.39, 0.29) is 0 Å². The second kappa shape index (κ2) is 4.84. The zero-order valence-electron chi connectivity index (χ0n) is 10.1. The molecular formula is C9H17N5O2S. The van der Waals surface area contributed by atoms with Crippen molar-refractivity contribution in [2.24, 2.45) is 0 Å². The molecule has 0 spiro atoms. The first-order chi connectivity index (χ1) is 7.68. The number of nitrogens with one attached hydrogen (secondary N) is 2. The van der Waals surface area contributed by atoms with Crippen molar-refractivity contribution in [3.05, 3.63) is 12.4 Å². The Hall–Kier alpha value is -1.41. The first kappa shape index (κ1) is 13.7. The van der Waals surface area contributed by atoms with Gasteiger partial charge < -0.3 is 11.1 Å². The van der Waals surface area contributed by atoms with Crippen molar-refractivity contribution >= 4 is 21.7 Å². The van der Waals surface area contributed by atoms with Crippen LogP contribution in [-0.2, 0) is 10.0 Å². The quantitative estimate of drug-likeness (QED) is 0.675. The Balaban J connectivity index is 2.58. The summed E-state index contributed by atoms with van der Waals surface area (Å²) in [6, 6.07) is 0. The van der Waals surface area contributed by atoms with Crippen LogP contribution in [0.4, 0.5) is 11.6 Å². The minimum Gasteiger partial charge on any atom is -0.382 e. The first-order valence-corrected chi connectivity index (χ1v) is 6.87. The van der Waals surface area contributed by atoms with E-state index in [2.05, 4.69) is 20.0 Å². The zero-order chi connectivity index (χ0) is 13.1. The number of rotatable bonds is 5. The maximum atomic E-state index is 11.1. The number of hydrogen-bond acceptors (Lipinski definition) is 6. The van der Waals surface area contributed by atoms with Gasteiger partial charge in [0.05, 0.1) is 18.6 Å². The topological polar surface area (TPSA) is 110 Å². The van der Waals surface area contributed by atoms with Crippen molar-refractivity contribution in [3.8, 4) is 0 Å². The van der Waals surface area contributed by atoms with E-state index < -0.39 is 15.6 Å². The molecule has 0 atom stereocenters. The Morgan fingerprint density at radius 2 is 2.00 bits per heavy atom. The van der Waals surface area contributed by atoms with Crippen molar-refractivity contribution in [3.63, 3.8) is 0 Å². The van der Waals surface area contributed by atoms with Gasteiger partial charge in [-0.2, -0.15) is 0 Å². The standard InChI is InChI=1S/C9H17N5O2S/c1-9(2,14-17(3,15)16)6-13-8-5-11-7(10)4-12-8/h4-5,14H,6H2,1-3H3,(H2,10,11)(H,12,13). The Bertz CT molecular complexity index is 469. The molecule has 0 saturated carbocycles. The molecule has 7 nitrogen and oxygen atoms in total. The van der Waals surface area contributed by atoms with E-state index >= 15 is 0 Å². The van der Waals surface area contributed by atoms with Gasteiger partial charge in [0, 0.05) is 12.1 Å². The number of aromatic nitrogens is 2. The van der Waals surface area contributed by atoms with Gasteiger partial charge in [-0.25, -0.2) is 23.1 Å². The van der Waals surface area contributed by atoms with Crippen LogP contribution in [0, 0.1) is 0 Å². The van der Waals surface area contributed by atoms with Crippen molar-refractivity contribution in [1.29, 1.82) is 0 Å². The molecule has 17 heavy (non-hydrogen) atoms. The van der Waals surface area contributed by atoms with Crippen molar-refractivity contribution < 1.29 is 8.42 Å². The molecule has 1 rings (SSSR count). The van der Waals surface area contributed by atoms with Crippen LogP contribution in [0.25, 0.3) is 0 Å². The molecule has 0 saturated heterocycles. The van der Waals surface area contributed by atoms with E-state index in [0.717, 1.165) is 6.26 Å². The lowest BCUT2D eigenvalue weighted by Gasteiger charge is -2.25. The van der Waals surface area contributed by atoms with Crippen LogP contribution < -0.4 is 15.8 Å². The number of nitrogens with two attached hydrogens (primary N) is 1. The molecule has 8 heteroatoms. The van der Waals surface area contributed by atoms with Crippen LogP contribution in [0.2, 0.25) is 0 Å². The fourth-order valence-electron chi connectivity index (χ4n) is 1.28. The molecule has 1 aromatic heterocycles. The minimum atomic E-state index is -3.24. The molecule has 0 fully saturated rings.